The number of aliphatic hydroxyl groups excluding tert-OH is 1. The third kappa shape index (κ3) is 5.93. The third-order valence-electron chi connectivity index (χ3n) is 3.75. The van der Waals surface area contributed by atoms with Crippen molar-refractivity contribution in [1.29, 1.82) is 0 Å². The summed E-state index contributed by atoms with van der Waals surface area (Å²) in [4.78, 5) is 11.8. The van der Waals surface area contributed by atoms with Crippen LogP contribution in [0.25, 0.3) is 0 Å². The van der Waals surface area contributed by atoms with E-state index < -0.39 is 6.10 Å². The van der Waals surface area contributed by atoms with Crippen molar-refractivity contribution in [3.63, 3.8) is 0 Å². The Morgan fingerprint density at radius 1 is 1.27 bits per heavy atom. The van der Waals surface area contributed by atoms with Crippen LogP contribution in [0.5, 0.6) is 5.75 Å². The Morgan fingerprint density at radius 3 is 2.55 bits per heavy atom. The molecule has 0 heterocycles. The maximum absolute atomic E-state index is 11.8. The number of rotatable bonds is 7. The zero-order valence-corrected chi connectivity index (χ0v) is 13.9. The van der Waals surface area contributed by atoms with Gasteiger partial charge in [0, 0.05) is 18.5 Å². The Labute approximate surface area is 132 Å². The molecule has 124 valence electrons. The van der Waals surface area contributed by atoms with E-state index in [0.717, 1.165) is 5.56 Å². The van der Waals surface area contributed by atoms with Gasteiger partial charge in [-0.1, -0.05) is 39.8 Å². The van der Waals surface area contributed by atoms with E-state index >= 15 is 0 Å². The lowest BCUT2D eigenvalue weighted by Crippen LogP contribution is -2.46. The van der Waals surface area contributed by atoms with Crippen LogP contribution >= 0.6 is 0 Å². The van der Waals surface area contributed by atoms with Crippen LogP contribution in [0.4, 0.5) is 4.79 Å². The van der Waals surface area contributed by atoms with Gasteiger partial charge in [-0.2, -0.15) is 0 Å². The SMILES string of the molecule is CC(C)C(O)C(C)(C)CNC(=O)NCCc1cccc(O)c1. The van der Waals surface area contributed by atoms with Crippen LogP contribution in [0.3, 0.4) is 0 Å². The first-order valence-electron chi connectivity index (χ1n) is 7.70. The summed E-state index contributed by atoms with van der Waals surface area (Å²) < 4.78 is 0. The number of benzene rings is 1. The number of hydrogen-bond acceptors (Lipinski definition) is 3. The van der Waals surface area contributed by atoms with E-state index in [2.05, 4.69) is 10.6 Å². The smallest absolute Gasteiger partial charge is 0.314 e. The molecule has 0 saturated heterocycles. The molecule has 1 rings (SSSR count). The van der Waals surface area contributed by atoms with Crippen LogP contribution in [0.15, 0.2) is 24.3 Å². The average Bonchev–Trinajstić information content (AvgIpc) is 2.44. The number of amides is 2. The van der Waals surface area contributed by atoms with Crippen molar-refractivity contribution in [3.05, 3.63) is 29.8 Å². The second-order valence-corrected chi connectivity index (χ2v) is 6.71. The standard InChI is InChI=1S/C17H28N2O3/c1-12(2)15(21)17(3,4)11-19-16(22)18-9-8-13-6-5-7-14(20)10-13/h5-7,10,12,15,20-21H,8-9,11H2,1-4H3,(H2,18,19,22). The van der Waals surface area contributed by atoms with E-state index in [9.17, 15) is 15.0 Å². The highest BCUT2D eigenvalue weighted by molar-refractivity contribution is 5.73. The molecule has 0 aromatic heterocycles. The molecule has 1 aromatic carbocycles. The summed E-state index contributed by atoms with van der Waals surface area (Å²) >= 11 is 0. The molecule has 5 nitrogen and oxygen atoms in total. The van der Waals surface area contributed by atoms with E-state index in [0.29, 0.717) is 19.5 Å². The molecule has 0 bridgehead atoms. The predicted molar refractivity (Wildman–Crippen MR) is 87.8 cm³/mol. The van der Waals surface area contributed by atoms with Gasteiger partial charge in [0.15, 0.2) is 0 Å². The minimum atomic E-state index is -0.472. The Kier molecular flexibility index (Phi) is 6.68. The highest BCUT2D eigenvalue weighted by atomic mass is 16.3. The number of phenols is 1. The molecule has 5 heteroatoms. The lowest BCUT2D eigenvalue weighted by molar-refractivity contribution is 0.0151. The maximum atomic E-state index is 11.8. The fourth-order valence-corrected chi connectivity index (χ4v) is 2.41. The fourth-order valence-electron chi connectivity index (χ4n) is 2.41. The molecule has 4 N–H and O–H groups in total. The Balaban J connectivity index is 2.32. The zero-order chi connectivity index (χ0) is 16.8. The van der Waals surface area contributed by atoms with E-state index in [1.54, 1.807) is 18.2 Å². The summed E-state index contributed by atoms with van der Waals surface area (Å²) in [5.41, 5.74) is 0.590. The number of urea groups is 1. The molecule has 2 amide bonds. The molecular formula is C17H28N2O3. The third-order valence-corrected chi connectivity index (χ3v) is 3.75. The molecule has 0 radical (unpaired) electrons. The summed E-state index contributed by atoms with van der Waals surface area (Å²) in [5.74, 6) is 0.372. The molecule has 0 spiro atoms. The first-order valence-corrected chi connectivity index (χ1v) is 7.70. The average molecular weight is 308 g/mol. The Morgan fingerprint density at radius 2 is 1.95 bits per heavy atom. The molecule has 0 aliphatic rings. The van der Waals surface area contributed by atoms with Crippen molar-refractivity contribution in [3.8, 4) is 5.75 Å². The summed E-state index contributed by atoms with van der Waals surface area (Å²) in [6.07, 6.45) is 0.180. The van der Waals surface area contributed by atoms with Crippen LogP contribution in [0, 0.1) is 11.3 Å². The topological polar surface area (TPSA) is 81.6 Å². The van der Waals surface area contributed by atoms with Crippen molar-refractivity contribution < 1.29 is 15.0 Å². The first-order chi connectivity index (χ1) is 10.2. The largest absolute Gasteiger partial charge is 0.508 e. The summed E-state index contributed by atoms with van der Waals surface area (Å²) in [6, 6.07) is 6.74. The highest BCUT2D eigenvalue weighted by Crippen LogP contribution is 2.24. The van der Waals surface area contributed by atoms with E-state index in [-0.39, 0.29) is 23.1 Å². The monoisotopic (exact) mass is 308 g/mol. The van der Waals surface area contributed by atoms with Crippen molar-refractivity contribution in [1.82, 2.24) is 10.6 Å². The molecule has 1 aromatic rings. The van der Waals surface area contributed by atoms with Gasteiger partial charge in [0.25, 0.3) is 0 Å². The molecule has 0 aliphatic heterocycles. The lowest BCUT2D eigenvalue weighted by Gasteiger charge is -2.33. The van der Waals surface area contributed by atoms with Crippen molar-refractivity contribution in [2.24, 2.45) is 11.3 Å². The molecule has 1 unspecified atom stereocenters. The summed E-state index contributed by atoms with van der Waals surface area (Å²) in [7, 11) is 0. The van der Waals surface area contributed by atoms with Gasteiger partial charge < -0.3 is 20.8 Å². The second kappa shape index (κ2) is 8.03. The van der Waals surface area contributed by atoms with Crippen LogP contribution in [0.1, 0.15) is 33.3 Å². The van der Waals surface area contributed by atoms with Crippen LogP contribution in [0.2, 0.25) is 0 Å². The minimum Gasteiger partial charge on any atom is -0.508 e. The van der Waals surface area contributed by atoms with Crippen LogP contribution in [-0.2, 0) is 6.42 Å². The Bertz CT molecular complexity index is 487. The summed E-state index contributed by atoms with van der Waals surface area (Å²) in [5, 5.41) is 25.1. The second-order valence-electron chi connectivity index (χ2n) is 6.71. The lowest BCUT2D eigenvalue weighted by atomic mass is 9.81. The van der Waals surface area contributed by atoms with Gasteiger partial charge in [-0.3, -0.25) is 0 Å². The number of carbonyl (C=O) groups excluding carboxylic acids is 1. The van der Waals surface area contributed by atoms with Gasteiger partial charge in [0.05, 0.1) is 6.10 Å². The van der Waals surface area contributed by atoms with Crippen LogP contribution < -0.4 is 10.6 Å². The molecular weight excluding hydrogens is 280 g/mol. The van der Waals surface area contributed by atoms with Crippen molar-refractivity contribution in [2.45, 2.75) is 40.2 Å². The van der Waals surface area contributed by atoms with Gasteiger partial charge in [-0.05, 0) is 30.0 Å². The number of aromatic hydroxyl groups is 1. The van der Waals surface area contributed by atoms with E-state index in [1.807, 2.05) is 33.8 Å². The molecule has 1 atom stereocenters. The minimum absolute atomic E-state index is 0.144. The molecule has 0 saturated carbocycles. The zero-order valence-electron chi connectivity index (χ0n) is 13.9. The van der Waals surface area contributed by atoms with Crippen molar-refractivity contribution >= 4 is 6.03 Å². The maximum Gasteiger partial charge on any atom is 0.314 e. The van der Waals surface area contributed by atoms with Gasteiger partial charge in [-0.15, -0.1) is 0 Å². The highest BCUT2D eigenvalue weighted by Gasteiger charge is 2.30. The van der Waals surface area contributed by atoms with Gasteiger partial charge in [-0.25, -0.2) is 4.79 Å². The van der Waals surface area contributed by atoms with Crippen molar-refractivity contribution in [2.75, 3.05) is 13.1 Å². The molecule has 0 aliphatic carbocycles. The van der Waals surface area contributed by atoms with E-state index in [4.69, 9.17) is 0 Å². The number of nitrogens with one attached hydrogen (secondary N) is 2. The van der Waals surface area contributed by atoms with Gasteiger partial charge >= 0.3 is 6.03 Å². The number of hydrogen-bond donors (Lipinski definition) is 4. The number of carbonyl (C=O) groups is 1. The van der Waals surface area contributed by atoms with Gasteiger partial charge in [0.2, 0.25) is 0 Å². The van der Waals surface area contributed by atoms with E-state index in [1.165, 1.54) is 0 Å². The molecule has 22 heavy (non-hydrogen) atoms. The molecule has 0 fully saturated rings. The van der Waals surface area contributed by atoms with Crippen LogP contribution in [-0.4, -0.2) is 35.4 Å². The summed E-state index contributed by atoms with van der Waals surface area (Å²) in [6.45, 7) is 8.69. The van der Waals surface area contributed by atoms with Gasteiger partial charge in [0.1, 0.15) is 5.75 Å². The normalized spacial score (nSPS) is 13.0. The first kappa shape index (κ1) is 18.3. The number of aliphatic hydroxyl groups is 1. The predicted octanol–water partition coefficient (Wildman–Crippen LogP) is 2.28. The Hall–Kier alpha value is -1.75. The fraction of sp³-hybridized carbons (Fsp3) is 0.588. The number of phenolic OH excluding ortho intramolecular Hbond substituents is 1. The quantitative estimate of drug-likeness (QED) is 0.624.